The van der Waals surface area contributed by atoms with Crippen molar-refractivity contribution in [2.45, 2.75) is 70.1 Å². The second kappa shape index (κ2) is 7.21. The molecule has 3 aliphatic rings. The molecule has 5 atom stereocenters. The van der Waals surface area contributed by atoms with Crippen molar-refractivity contribution in [2.75, 3.05) is 13.1 Å². The predicted octanol–water partition coefficient (Wildman–Crippen LogP) is 3.70. The molecular weight excluding hydrogens is 322 g/mol. The molecule has 2 saturated carbocycles. The molecule has 4 nitrogen and oxygen atoms in total. The van der Waals surface area contributed by atoms with Crippen LogP contribution in [-0.4, -0.2) is 36.2 Å². The van der Waals surface area contributed by atoms with E-state index in [2.05, 4.69) is 17.9 Å². The minimum atomic E-state index is 0.214. The summed E-state index contributed by atoms with van der Waals surface area (Å²) in [5.74, 6) is 1.65. The number of likely N-dealkylation sites (tertiary alicyclic amines) is 1. The third-order valence-electron chi connectivity index (χ3n) is 7.18. The highest BCUT2D eigenvalue weighted by Gasteiger charge is 2.55. The Morgan fingerprint density at radius 2 is 2.00 bits per heavy atom. The number of nitrogens with zero attached hydrogens (tertiary/aromatic N) is 2. The molecule has 0 amide bonds. The normalized spacial score (nSPS) is 37.7. The van der Waals surface area contributed by atoms with Gasteiger partial charge in [0.1, 0.15) is 11.9 Å². The number of piperidine rings is 1. The smallest absolute Gasteiger partial charge is 0.120 e. The number of fused-ring (bicyclic) bond motifs is 1. The molecule has 0 bridgehead atoms. The summed E-state index contributed by atoms with van der Waals surface area (Å²) in [5, 5.41) is 9.04. The van der Waals surface area contributed by atoms with Gasteiger partial charge in [-0.2, -0.15) is 5.26 Å². The van der Waals surface area contributed by atoms with Gasteiger partial charge in [0.05, 0.1) is 11.6 Å². The lowest BCUT2D eigenvalue weighted by atomic mass is 9.68. The van der Waals surface area contributed by atoms with Crippen LogP contribution in [0.4, 0.5) is 0 Å². The van der Waals surface area contributed by atoms with Crippen LogP contribution < -0.4 is 10.5 Å². The molecule has 140 valence electrons. The van der Waals surface area contributed by atoms with Crippen LogP contribution in [0, 0.1) is 22.7 Å². The minimum absolute atomic E-state index is 0.214. The molecule has 0 spiro atoms. The summed E-state index contributed by atoms with van der Waals surface area (Å²) in [6, 6.07) is 10.6. The summed E-state index contributed by atoms with van der Waals surface area (Å²) < 4.78 is 6.66. The van der Waals surface area contributed by atoms with Gasteiger partial charge in [0.2, 0.25) is 0 Å². The summed E-state index contributed by atoms with van der Waals surface area (Å²) in [5.41, 5.74) is 7.22. The fraction of sp³-hybridized carbons (Fsp3) is 0.682. The Balaban J connectivity index is 1.60. The first-order chi connectivity index (χ1) is 12.6. The summed E-state index contributed by atoms with van der Waals surface area (Å²) in [6.07, 6.45) is 9.06. The van der Waals surface area contributed by atoms with E-state index in [1.807, 2.05) is 24.3 Å². The second-order valence-corrected chi connectivity index (χ2v) is 8.82. The zero-order valence-corrected chi connectivity index (χ0v) is 15.9. The van der Waals surface area contributed by atoms with Gasteiger partial charge in [0.25, 0.3) is 0 Å². The molecule has 2 N–H and O–H groups in total. The van der Waals surface area contributed by atoms with E-state index >= 15 is 0 Å². The quantitative estimate of drug-likeness (QED) is 0.900. The molecule has 1 saturated heterocycles. The Morgan fingerprint density at radius 1 is 1.19 bits per heavy atom. The molecule has 1 aromatic rings. The first-order valence-electron chi connectivity index (χ1n) is 10.3. The lowest BCUT2D eigenvalue weighted by Gasteiger charge is -2.43. The highest BCUT2D eigenvalue weighted by molar-refractivity contribution is 5.35. The molecule has 1 heterocycles. The van der Waals surface area contributed by atoms with Crippen LogP contribution in [0.2, 0.25) is 0 Å². The van der Waals surface area contributed by atoms with Crippen LogP contribution in [-0.2, 0) is 0 Å². The molecular formula is C22H31N3O. The summed E-state index contributed by atoms with van der Waals surface area (Å²) >= 11 is 0. The highest BCUT2D eigenvalue weighted by atomic mass is 16.5. The summed E-state index contributed by atoms with van der Waals surface area (Å²) in [4.78, 5) is 2.62. The maximum atomic E-state index is 9.04. The minimum Gasteiger partial charge on any atom is -0.488 e. The maximum Gasteiger partial charge on any atom is 0.120 e. The Bertz CT molecular complexity index is 667. The van der Waals surface area contributed by atoms with Gasteiger partial charge in [0, 0.05) is 24.0 Å². The molecule has 4 rings (SSSR count). The lowest BCUT2D eigenvalue weighted by molar-refractivity contribution is -0.00691. The van der Waals surface area contributed by atoms with Crippen molar-refractivity contribution in [1.82, 2.24) is 4.90 Å². The van der Waals surface area contributed by atoms with Crippen LogP contribution in [0.25, 0.3) is 0 Å². The van der Waals surface area contributed by atoms with E-state index in [0.29, 0.717) is 17.6 Å². The summed E-state index contributed by atoms with van der Waals surface area (Å²) in [7, 11) is 0. The van der Waals surface area contributed by atoms with Gasteiger partial charge in [-0.3, -0.25) is 4.90 Å². The molecule has 0 radical (unpaired) electrons. The fourth-order valence-electron chi connectivity index (χ4n) is 5.70. The number of benzene rings is 1. The molecule has 2 aliphatic carbocycles. The molecule has 0 aromatic heterocycles. The van der Waals surface area contributed by atoms with Gasteiger partial charge in [0.15, 0.2) is 0 Å². The topological polar surface area (TPSA) is 62.3 Å². The zero-order chi connectivity index (χ0) is 18.1. The number of rotatable bonds is 3. The molecule has 1 aromatic carbocycles. The second-order valence-electron chi connectivity index (χ2n) is 8.82. The van der Waals surface area contributed by atoms with Crippen molar-refractivity contribution in [1.29, 1.82) is 5.26 Å². The van der Waals surface area contributed by atoms with E-state index in [0.717, 1.165) is 31.2 Å². The Kier molecular flexibility index (Phi) is 4.94. The van der Waals surface area contributed by atoms with E-state index in [1.54, 1.807) is 0 Å². The van der Waals surface area contributed by atoms with Crippen molar-refractivity contribution in [2.24, 2.45) is 17.1 Å². The van der Waals surface area contributed by atoms with Gasteiger partial charge in [-0.05, 0) is 68.8 Å². The van der Waals surface area contributed by atoms with Crippen molar-refractivity contribution in [3.63, 3.8) is 0 Å². The van der Waals surface area contributed by atoms with E-state index < -0.39 is 0 Å². The van der Waals surface area contributed by atoms with E-state index in [4.69, 9.17) is 15.7 Å². The molecule has 1 aliphatic heterocycles. The SMILES string of the molecule is CC12CCCCC1CC(N1CCCC(N)C1)C2Oc1ccc(C#N)cc1. The fourth-order valence-corrected chi connectivity index (χ4v) is 5.70. The number of ether oxygens (including phenoxy) is 1. The molecule has 5 unspecified atom stereocenters. The van der Waals surface area contributed by atoms with Crippen molar-refractivity contribution < 1.29 is 4.74 Å². The van der Waals surface area contributed by atoms with Crippen LogP contribution in [0.15, 0.2) is 24.3 Å². The number of hydrogen-bond acceptors (Lipinski definition) is 4. The van der Waals surface area contributed by atoms with Crippen LogP contribution in [0.5, 0.6) is 5.75 Å². The average Bonchev–Trinajstić information content (AvgIpc) is 2.95. The monoisotopic (exact) mass is 353 g/mol. The van der Waals surface area contributed by atoms with Crippen LogP contribution >= 0.6 is 0 Å². The Labute approximate surface area is 157 Å². The number of nitrogens with two attached hydrogens (primary N) is 1. The number of hydrogen-bond donors (Lipinski definition) is 1. The van der Waals surface area contributed by atoms with Crippen LogP contribution in [0.1, 0.15) is 57.4 Å². The standard InChI is InChI=1S/C22H31N3O/c1-22-11-3-2-5-17(22)13-20(25-12-4-6-18(24)15-25)21(22)26-19-9-7-16(14-23)8-10-19/h7-10,17-18,20-21H,2-6,11-13,15,24H2,1H3. The Hall–Kier alpha value is -1.57. The first kappa shape index (κ1) is 17.8. The zero-order valence-electron chi connectivity index (χ0n) is 15.9. The first-order valence-corrected chi connectivity index (χ1v) is 10.3. The third kappa shape index (κ3) is 3.23. The van der Waals surface area contributed by atoms with Crippen molar-refractivity contribution in [3.8, 4) is 11.8 Å². The largest absolute Gasteiger partial charge is 0.488 e. The predicted molar refractivity (Wildman–Crippen MR) is 103 cm³/mol. The van der Waals surface area contributed by atoms with E-state index in [-0.39, 0.29) is 11.5 Å². The van der Waals surface area contributed by atoms with Gasteiger partial charge in [-0.15, -0.1) is 0 Å². The summed E-state index contributed by atoms with van der Waals surface area (Å²) in [6.45, 7) is 4.60. The Morgan fingerprint density at radius 3 is 2.73 bits per heavy atom. The van der Waals surface area contributed by atoms with Crippen LogP contribution in [0.3, 0.4) is 0 Å². The van der Waals surface area contributed by atoms with Crippen molar-refractivity contribution >= 4 is 0 Å². The van der Waals surface area contributed by atoms with Gasteiger partial charge < -0.3 is 10.5 Å². The van der Waals surface area contributed by atoms with Gasteiger partial charge in [-0.25, -0.2) is 0 Å². The molecule has 4 heteroatoms. The third-order valence-corrected chi connectivity index (χ3v) is 7.18. The average molecular weight is 354 g/mol. The highest BCUT2D eigenvalue weighted by Crippen LogP contribution is 2.54. The molecule has 26 heavy (non-hydrogen) atoms. The lowest BCUT2D eigenvalue weighted by Crippen LogP contribution is -2.53. The van der Waals surface area contributed by atoms with E-state index in [1.165, 1.54) is 38.5 Å². The van der Waals surface area contributed by atoms with E-state index in [9.17, 15) is 0 Å². The van der Waals surface area contributed by atoms with Gasteiger partial charge >= 0.3 is 0 Å². The number of nitriles is 1. The molecule has 3 fully saturated rings. The van der Waals surface area contributed by atoms with Crippen molar-refractivity contribution in [3.05, 3.63) is 29.8 Å². The maximum absolute atomic E-state index is 9.04. The van der Waals surface area contributed by atoms with Gasteiger partial charge in [-0.1, -0.05) is 19.8 Å².